The monoisotopic (exact) mass is 630 g/mol. The highest BCUT2D eigenvalue weighted by atomic mass is 15.0. The highest BCUT2D eigenvalue weighted by Gasteiger charge is 2.23. The molecule has 0 aliphatic carbocycles. The lowest BCUT2D eigenvalue weighted by Crippen LogP contribution is -2.11. The molecule has 2 heterocycles. The Morgan fingerprint density at radius 3 is 1.56 bits per heavy atom. The summed E-state index contributed by atoms with van der Waals surface area (Å²) >= 11 is 0. The molecule has 0 N–H and O–H groups in total. The van der Waals surface area contributed by atoms with E-state index in [-0.39, 0.29) is 10.8 Å². The maximum absolute atomic E-state index is 5.37. The molecule has 1 aliphatic rings. The second-order valence-corrected chi connectivity index (χ2v) is 15.8. The highest BCUT2D eigenvalue weighted by molar-refractivity contribution is 6.19. The third-order valence-corrected chi connectivity index (χ3v) is 9.79. The Kier molecular flexibility index (Phi) is 8.58. The van der Waals surface area contributed by atoms with Crippen molar-refractivity contribution in [2.24, 2.45) is 12.0 Å². The van der Waals surface area contributed by atoms with Gasteiger partial charge in [0.1, 0.15) is 0 Å². The standard InChI is InChI=1S/C46H50N2/c1-29-12-22-37(31(3)24-29)39-26-41(33-14-18-35(19-15-33)45(5,6)7)47-42(39)28-44-40(38-23-13-30(2)25-32(38)4)27-43(48(44)11)34-16-20-36(21-17-34)46(8,9)10/h12-28H,1-11H3/b42-28-. The van der Waals surface area contributed by atoms with Gasteiger partial charge in [-0.1, -0.05) is 138 Å². The van der Waals surface area contributed by atoms with E-state index in [0.717, 1.165) is 28.2 Å². The fourth-order valence-electron chi connectivity index (χ4n) is 6.83. The van der Waals surface area contributed by atoms with E-state index in [1.807, 2.05) is 0 Å². The summed E-state index contributed by atoms with van der Waals surface area (Å²) in [6, 6.07) is 33.9. The molecular weight excluding hydrogens is 581 g/mol. The Hall–Kier alpha value is -4.69. The number of hydrogen-bond donors (Lipinski definition) is 0. The van der Waals surface area contributed by atoms with Crippen LogP contribution in [0.25, 0.3) is 34.0 Å². The molecule has 1 aliphatic heterocycles. The van der Waals surface area contributed by atoms with Gasteiger partial charge in [0.2, 0.25) is 0 Å². The minimum Gasteiger partial charge on any atom is -0.344 e. The van der Waals surface area contributed by atoms with Crippen LogP contribution in [0.2, 0.25) is 0 Å². The largest absolute Gasteiger partial charge is 0.344 e. The van der Waals surface area contributed by atoms with Crippen molar-refractivity contribution in [3.63, 3.8) is 0 Å². The van der Waals surface area contributed by atoms with Gasteiger partial charge in [0.15, 0.2) is 0 Å². The van der Waals surface area contributed by atoms with Crippen LogP contribution in [0.5, 0.6) is 0 Å². The zero-order valence-electron chi connectivity index (χ0n) is 30.7. The zero-order chi connectivity index (χ0) is 34.5. The predicted molar refractivity (Wildman–Crippen MR) is 208 cm³/mol. The molecule has 1 aromatic heterocycles. The van der Waals surface area contributed by atoms with Crippen LogP contribution in [0.3, 0.4) is 0 Å². The van der Waals surface area contributed by atoms with Crippen LogP contribution in [-0.2, 0) is 17.9 Å². The Morgan fingerprint density at radius 1 is 0.562 bits per heavy atom. The first-order chi connectivity index (χ1) is 22.6. The average Bonchev–Trinajstić information content (AvgIpc) is 3.57. The quantitative estimate of drug-likeness (QED) is 0.184. The molecule has 6 rings (SSSR count). The van der Waals surface area contributed by atoms with Gasteiger partial charge < -0.3 is 4.57 Å². The third-order valence-electron chi connectivity index (χ3n) is 9.79. The van der Waals surface area contributed by atoms with Crippen molar-refractivity contribution >= 4 is 17.4 Å². The molecule has 0 fully saturated rings. The summed E-state index contributed by atoms with van der Waals surface area (Å²) in [5.74, 6) is 0. The lowest BCUT2D eigenvalue weighted by atomic mass is 9.86. The number of allylic oxidation sites excluding steroid dienone is 2. The van der Waals surface area contributed by atoms with Crippen molar-refractivity contribution in [2.45, 2.75) is 80.1 Å². The molecule has 48 heavy (non-hydrogen) atoms. The van der Waals surface area contributed by atoms with E-state index >= 15 is 0 Å². The molecule has 0 unspecified atom stereocenters. The molecule has 0 atom stereocenters. The maximum atomic E-state index is 5.37. The topological polar surface area (TPSA) is 17.3 Å². The first kappa shape index (κ1) is 33.2. The number of aliphatic imine (C=N–C) groups is 1. The van der Waals surface area contributed by atoms with E-state index in [2.05, 4.69) is 184 Å². The van der Waals surface area contributed by atoms with E-state index in [4.69, 9.17) is 4.99 Å². The van der Waals surface area contributed by atoms with Crippen molar-refractivity contribution in [1.82, 2.24) is 4.57 Å². The normalized spacial score (nSPS) is 14.4. The molecule has 5 aromatic rings. The molecule has 0 saturated carbocycles. The van der Waals surface area contributed by atoms with Crippen LogP contribution in [0.4, 0.5) is 0 Å². The summed E-state index contributed by atoms with van der Waals surface area (Å²) in [7, 11) is 2.19. The van der Waals surface area contributed by atoms with Gasteiger partial charge in [0, 0.05) is 29.4 Å². The van der Waals surface area contributed by atoms with Crippen molar-refractivity contribution < 1.29 is 0 Å². The number of hydrogen-bond acceptors (Lipinski definition) is 1. The molecule has 0 radical (unpaired) electrons. The second-order valence-electron chi connectivity index (χ2n) is 15.8. The Bertz CT molecular complexity index is 2100. The van der Waals surface area contributed by atoms with Gasteiger partial charge in [-0.2, -0.15) is 0 Å². The Balaban J connectivity index is 1.56. The molecule has 2 nitrogen and oxygen atoms in total. The second kappa shape index (κ2) is 12.4. The molecule has 0 saturated heterocycles. The third kappa shape index (κ3) is 6.54. The summed E-state index contributed by atoms with van der Waals surface area (Å²) in [6.45, 7) is 22.3. The maximum Gasteiger partial charge on any atom is 0.0737 e. The van der Waals surface area contributed by atoms with Crippen LogP contribution in [0.1, 0.15) is 91.7 Å². The lowest BCUT2D eigenvalue weighted by molar-refractivity contribution is 0.590. The van der Waals surface area contributed by atoms with Crippen LogP contribution in [-0.4, -0.2) is 10.3 Å². The SMILES string of the molecule is Cc1ccc(C2=CC(c3ccc(C(C)(C)C)cc3)=N/C2=C\c2c(-c3ccc(C)cc3C)cc(-c3ccc(C(C)(C)C)cc3)n2C)c(C)c1. The average molecular weight is 631 g/mol. The summed E-state index contributed by atoms with van der Waals surface area (Å²) in [5, 5.41) is 0. The van der Waals surface area contributed by atoms with Gasteiger partial charge in [-0.3, -0.25) is 0 Å². The van der Waals surface area contributed by atoms with Crippen LogP contribution in [0, 0.1) is 27.7 Å². The van der Waals surface area contributed by atoms with Crippen molar-refractivity contribution in [2.75, 3.05) is 0 Å². The van der Waals surface area contributed by atoms with Gasteiger partial charge in [-0.25, -0.2) is 4.99 Å². The van der Waals surface area contributed by atoms with Crippen LogP contribution >= 0.6 is 0 Å². The summed E-state index contributed by atoms with van der Waals surface area (Å²) < 4.78 is 2.35. The summed E-state index contributed by atoms with van der Waals surface area (Å²) in [4.78, 5) is 5.37. The van der Waals surface area contributed by atoms with Crippen LogP contribution < -0.4 is 0 Å². The number of benzene rings is 4. The smallest absolute Gasteiger partial charge is 0.0737 e. The molecule has 0 amide bonds. The number of aromatic nitrogens is 1. The summed E-state index contributed by atoms with van der Waals surface area (Å²) in [6.07, 6.45) is 4.59. The van der Waals surface area contributed by atoms with E-state index in [9.17, 15) is 0 Å². The lowest BCUT2D eigenvalue weighted by Gasteiger charge is -2.19. The molecule has 244 valence electrons. The molecule has 0 bridgehead atoms. The van der Waals surface area contributed by atoms with Crippen molar-refractivity contribution in [3.05, 3.63) is 153 Å². The zero-order valence-corrected chi connectivity index (χ0v) is 30.7. The van der Waals surface area contributed by atoms with E-state index < -0.39 is 0 Å². The Labute approximate surface area is 288 Å². The predicted octanol–water partition coefficient (Wildman–Crippen LogP) is 12.1. The number of nitrogens with zero attached hydrogens (tertiary/aromatic N) is 2. The first-order valence-corrected chi connectivity index (χ1v) is 17.2. The van der Waals surface area contributed by atoms with Crippen molar-refractivity contribution in [1.29, 1.82) is 0 Å². The summed E-state index contributed by atoms with van der Waals surface area (Å²) in [5.41, 5.74) is 19.4. The number of rotatable bonds is 5. The fourth-order valence-corrected chi connectivity index (χ4v) is 6.83. The first-order valence-electron chi connectivity index (χ1n) is 17.2. The molecule has 4 aromatic carbocycles. The highest BCUT2D eigenvalue weighted by Crippen LogP contribution is 2.40. The van der Waals surface area contributed by atoms with E-state index in [0.29, 0.717) is 0 Å². The van der Waals surface area contributed by atoms with Gasteiger partial charge in [-0.05, 0) is 95.7 Å². The fraction of sp³-hybridized carbons (Fsp3) is 0.283. The van der Waals surface area contributed by atoms with Gasteiger partial charge in [0.05, 0.1) is 17.1 Å². The van der Waals surface area contributed by atoms with E-state index in [1.165, 1.54) is 61.3 Å². The van der Waals surface area contributed by atoms with E-state index in [1.54, 1.807) is 0 Å². The van der Waals surface area contributed by atoms with Gasteiger partial charge >= 0.3 is 0 Å². The number of aryl methyl sites for hydroxylation is 4. The van der Waals surface area contributed by atoms with Gasteiger partial charge in [0.25, 0.3) is 0 Å². The van der Waals surface area contributed by atoms with Gasteiger partial charge in [-0.15, -0.1) is 0 Å². The van der Waals surface area contributed by atoms with Crippen LogP contribution in [0.15, 0.2) is 108 Å². The molecule has 2 heteroatoms. The Morgan fingerprint density at radius 2 is 1.06 bits per heavy atom. The minimum absolute atomic E-state index is 0.100. The minimum atomic E-state index is 0.100. The molecular formula is C46H50N2. The molecule has 0 spiro atoms. The van der Waals surface area contributed by atoms with Crippen molar-refractivity contribution in [3.8, 4) is 22.4 Å².